The number of hydrogen-bond donors (Lipinski definition) is 2. The van der Waals surface area contributed by atoms with E-state index in [9.17, 15) is 9.59 Å². The number of amides is 1. The standard InChI is InChI=1S/C12H13NO4/c14-11(15)9-6-7-13(12(16)17)10(9)8-4-2-1-3-5-8/h1-5,9-10H,6-7H2,(H,14,15)(H,16,17)/t9-,10-/m0/s1. The molecule has 1 saturated heterocycles. The van der Waals surface area contributed by atoms with Gasteiger partial charge in [0, 0.05) is 6.54 Å². The molecule has 1 heterocycles. The summed E-state index contributed by atoms with van der Waals surface area (Å²) in [6, 6.07) is 8.34. The average Bonchev–Trinajstić information content (AvgIpc) is 2.74. The first-order chi connectivity index (χ1) is 8.11. The van der Waals surface area contributed by atoms with Crippen LogP contribution in [-0.4, -0.2) is 33.7 Å². The Labute approximate surface area is 98.3 Å². The number of carboxylic acids is 1. The first-order valence-electron chi connectivity index (χ1n) is 5.38. The van der Waals surface area contributed by atoms with Crippen LogP contribution in [0.4, 0.5) is 4.79 Å². The second-order valence-corrected chi connectivity index (χ2v) is 4.06. The monoisotopic (exact) mass is 235 g/mol. The SMILES string of the molecule is O=C(O)[C@H]1CCN(C(=O)O)[C@H]1c1ccccc1. The molecule has 2 rings (SSSR count). The second-order valence-electron chi connectivity index (χ2n) is 4.06. The van der Waals surface area contributed by atoms with Crippen molar-refractivity contribution in [2.24, 2.45) is 5.92 Å². The van der Waals surface area contributed by atoms with Gasteiger partial charge in [-0.1, -0.05) is 30.3 Å². The molecule has 17 heavy (non-hydrogen) atoms. The highest BCUT2D eigenvalue weighted by Gasteiger charge is 2.41. The minimum atomic E-state index is -1.07. The van der Waals surface area contributed by atoms with E-state index >= 15 is 0 Å². The van der Waals surface area contributed by atoms with Crippen molar-refractivity contribution >= 4 is 12.1 Å². The largest absolute Gasteiger partial charge is 0.481 e. The van der Waals surface area contributed by atoms with Gasteiger partial charge in [-0.2, -0.15) is 0 Å². The van der Waals surface area contributed by atoms with E-state index in [1.165, 1.54) is 4.90 Å². The van der Waals surface area contributed by atoms with Crippen molar-refractivity contribution in [3.8, 4) is 0 Å². The van der Waals surface area contributed by atoms with Crippen molar-refractivity contribution in [3.05, 3.63) is 35.9 Å². The number of carboxylic acid groups (broad SMARTS) is 2. The van der Waals surface area contributed by atoms with E-state index in [-0.39, 0.29) is 6.54 Å². The lowest BCUT2D eigenvalue weighted by molar-refractivity contribution is -0.142. The van der Waals surface area contributed by atoms with Gasteiger partial charge in [-0.25, -0.2) is 4.79 Å². The maximum Gasteiger partial charge on any atom is 0.407 e. The van der Waals surface area contributed by atoms with Crippen LogP contribution in [0.5, 0.6) is 0 Å². The first kappa shape index (κ1) is 11.4. The summed E-state index contributed by atoms with van der Waals surface area (Å²) in [5.74, 6) is -1.60. The van der Waals surface area contributed by atoms with E-state index in [2.05, 4.69) is 0 Å². The van der Waals surface area contributed by atoms with E-state index in [0.29, 0.717) is 6.42 Å². The summed E-state index contributed by atoms with van der Waals surface area (Å²) in [5.41, 5.74) is 0.736. The van der Waals surface area contributed by atoms with Crippen LogP contribution < -0.4 is 0 Å². The fraction of sp³-hybridized carbons (Fsp3) is 0.333. The van der Waals surface area contributed by atoms with Gasteiger partial charge in [0.2, 0.25) is 0 Å². The molecule has 0 aromatic heterocycles. The van der Waals surface area contributed by atoms with Crippen LogP contribution in [0.3, 0.4) is 0 Å². The highest BCUT2D eigenvalue weighted by molar-refractivity contribution is 5.75. The maximum absolute atomic E-state index is 11.1. The first-order valence-corrected chi connectivity index (χ1v) is 5.38. The van der Waals surface area contributed by atoms with Gasteiger partial charge in [-0.05, 0) is 12.0 Å². The fourth-order valence-electron chi connectivity index (χ4n) is 2.33. The van der Waals surface area contributed by atoms with E-state index in [0.717, 1.165) is 5.56 Å². The van der Waals surface area contributed by atoms with E-state index in [1.54, 1.807) is 24.3 Å². The zero-order chi connectivity index (χ0) is 12.4. The van der Waals surface area contributed by atoms with Crippen LogP contribution in [0.25, 0.3) is 0 Å². The van der Waals surface area contributed by atoms with Crippen molar-refractivity contribution in [2.75, 3.05) is 6.54 Å². The van der Waals surface area contributed by atoms with Gasteiger partial charge in [0.25, 0.3) is 0 Å². The van der Waals surface area contributed by atoms with Gasteiger partial charge in [-0.15, -0.1) is 0 Å². The molecule has 2 N–H and O–H groups in total. The number of likely N-dealkylation sites (tertiary alicyclic amines) is 1. The summed E-state index contributed by atoms with van der Waals surface area (Å²) < 4.78 is 0. The lowest BCUT2D eigenvalue weighted by Crippen LogP contribution is -2.32. The number of nitrogens with zero attached hydrogens (tertiary/aromatic N) is 1. The van der Waals surface area contributed by atoms with Gasteiger partial charge in [-0.3, -0.25) is 4.79 Å². The Morgan fingerprint density at radius 1 is 1.18 bits per heavy atom. The number of carbonyl (C=O) groups is 2. The summed E-state index contributed by atoms with van der Waals surface area (Å²) in [6.45, 7) is 0.270. The highest BCUT2D eigenvalue weighted by atomic mass is 16.4. The van der Waals surface area contributed by atoms with Crippen molar-refractivity contribution in [1.82, 2.24) is 4.90 Å². The summed E-state index contributed by atoms with van der Waals surface area (Å²) in [5, 5.41) is 18.2. The highest BCUT2D eigenvalue weighted by Crippen LogP contribution is 2.37. The van der Waals surface area contributed by atoms with E-state index < -0.39 is 24.0 Å². The number of rotatable bonds is 2. The maximum atomic E-state index is 11.1. The van der Waals surface area contributed by atoms with Gasteiger partial charge in [0.15, 0.2) is 0 Å². The molecule has 90 valence electrons. The molecule has 0 unspecified atom stereocenters. The second kappa shape index (κ2) is 4.45. The quantitative estimate of drug-likeness (QED) is 0.819. The molecule has 0 radical (unpaired) electrons. The molecular formula is C12H13NO4. The Hall–Kier alpha value is -2.04. The molecule has 5 nitrogen and oxygen atoms in total. The zero-order valence-electron chi connectivity index (χ0n) is 9.11. The Bertz CT molecular complexity index is 409. The number of aliphatic carboxylic acids is 1. The van der Waals surface area contributed by atoms with Gasteiger partial charge in [0.05, 0.1) is 12.0 Å². The Kier molecular flexibility index (Phi) is 2.99. The summed E-state index contributed by atoms with van der Waals surface area (Å²) in [6.07, 6.45) is -0.705. The van der Waals surface area contributed by atoms with Crippen LogP contribution in [0.15, 0.2) is 30.3 Å². The minimum absolute atomic E-state index is 0.270. The Morgan fingerprint density at radius 2 is 1.82 bits per heavy atom. The van der Waals surface area contributed by atoms with Gasteiger partial charge in [0.1, 0.15) is 0 Å². The topological polar surface area (TPSA) is 77.8 Å². The molecule has 1 aliphatic heterocycles. The fourth-order valence-corrected chi connectivity index (χ4v) is 2.33. The smallest absolute Gasteiger partial charge is 0.407 e. The van der Waals surface area contributed by atoms with E-state index in [4.69, 9.17) is 10.2 Å². The van der Waals surface area contributed by atoms with Crippen LogP contribution in [0.2, 0.25) is 0 Å². The number of hydrogen-bond acceptors (Lipinski definition) is 2. The lowest BCUT2D eigenvalue weighted by Gasteiger charge is -2.24. The van der Waals surface area contributed by atoms with Crippen LogP contribution in [0, 0.1) is 5.92 Å². The third kappa shape index (κ3) is 2.08. The van der Waals surface area contributed by atoms with Crippen molar-refractivity contribution in [2.45, 2.75) is 12.5 Å². The molecule has 2 atom stereocenters. The molecule has 0 spiro atoms. The van der Waals surface area contributed by atoms with Crippen molar-refractivity contribution < 1.29 is 19.8 Å². The summed E-state index contributed by atoms with van der Waals surface area (Å²) in [4.78, 5) is 23.4. The molecular weight excluding hydrogens is 222 g/mol. The molecule has 1 amide bonds. The molecule has 1 aliphatic rings. The average molecular weight is 235 g/mol. The van der Waals surface area contributed by atoms with Gasteiger partial charge >= 0.3 is 12.1 Å². The third-order valence-corrected chi connectivity index (χ3v) is 3.10. The van der Waals surface area contributed by atoms with Crippen LogP contribution >= 0.6 is 0 Å². The van der Waals surface area contributed by atoms with Crippen molar-refractivity contribution in [3.63, 3.8) is 0 Å². The normalized spacial score (nSPS) is 23.6. The predicted octanol–water partition coefficient (Wildman–Crippen LogP) is 1.81. The zero-order valence-corrected chi connectivity index (χ0v) is 9.11. The number of benzene rings is 1. The Morgan fingerprint density at radius 3 is 2.35 bits per heavy atom. The predicted molar refractivity (Wildman–Crippen MR) is 59.7 cm³/mol. The minimum Gasteiger partial charge on any atom is -0.481 e. The molecule has 1 aromatic rings. The van der Waals surface area contributed by atoms with Crippen LogP contribution in [-0.2, 0) is 4.79 Å². The Balaban J connectivity index is 2.36. The van der Waals surface area contributed by atoms with Crippen LogP contribution in [0.1, 0.15) is 18.0 Å². The molecule has 0 aliphatic carbocycles. The molecule has 0 saturated carbocycles. The van der Waals surface area contributed by atoms with Gasteiger partial charge < -0.3 is 15.1 Å². The summed E-state index contributed by atoms with van der Waals surface area (Å²) in [7, 11) is 0. The molecule has 1 aromatic carbocycles. The molecule has 1 fully saturated rings. The molecule has 5 heteroatoms. The van der Waals surface area contributed by atoms with E-state index in [1.807, 2.05) is 6.07 Å². The lowest BCUT2D eigenvalue weighted by atomic mass is 9.94. The third-order valence-electron chi connectivity index (χ3n) is 3.10. The molecule has 0 bridgehead atoms. The van der Waals surface area contributed by atoms with Crippen molar-refractivity contribution in [1.29, 1.82) is 0 Å². The summed E-state index contributed by atoms with van der Waals surface area (Å²) >= 11 is 0.